The number of hydrogen-bond donors (Lipinski definition) is 1. The van der Waals surface area contributed by atoms with E-state index in [2.05, 4.69) is 5.10 Å². The number of amides is 1. The highest BCUT2D eigenvalue weighted by molar-refractivity contribution is 6.01. The average molecular weight is 299 g/mol. The number of nitrogens with zero attached hydrogens (tertiary/aromatic N) is 2. The van der Waals surface area contributed by atoms with Gasteiger partial charge in [-0.1, -0.05) is 6.07 Å². The fourth-order valence-electron chi connectivity index (χ4n) is 2.49. The summed E-state index contributed by atoms with van der Waals surface area (Å²) in [6.07, 6.45) is 3.26. The highest BCUT2D eigenvalue weighted by Gasteiger charge is 2.19. The molecule has 3 aromatic rings. The lowest BCUT2D eigenvalue weighted by molar-refractivity contribution is 0.100. The summed E-state index contributed by atoms with van der Waals surface area (Å²) in [6, 6.07) is 6.09. The number of methoxy groups -OCH3 is 1. The normalized spacial score (nSPS) is 10.9. The smallest absolute Gasteiger partial charge is 0.249 e. The van der Waals surface area contributed by atoms with Gasteiger partial charge in [-0.05, 0) is 30.7 Å². The Morgan fingerprint density at radius 1 is 1.41 bits per heavy atom. The lowest BCUT2D eigenvalue weighted by Gasteiger charge is -2.13. The zero-order valence-electron chi connectivity index (χ0n) is 12.1. The molecule has 2 aromatic heterocycles. The van der Waals surface area contributed by atoms with E-state index < -0.39 is 11.7 Å². The van der Waals surface area contributed by atoms with Gasteiger partial charge in [-0.2, -0.15) is 5.10 Å². The van der Waals surface area contributed by atoms with Crippen LogP contribution in [-0.4, -0.2) is 22.6 Å². The van der Waals surface area contributed by atoms with Crippen molar-refractivity contribution in [3.63, 3.8) is 0 Å². The van der Waals surface area contributed by atoms with Crippen LogP contribution in [-0.2, 0) is 0 Å². The van der Waals surface area contributed by atoms with Crippen molar-refractivity contribution < 1.29 is 13.9 Å². The predicted octanol–water partition coefficient (Wildman–Crippen LogP) is 2.56. The molecule has 6 heteroatoms. The molecule has 0 bridgehead atoms. The summed E-state index contributed by atoms with van der Waals surface area (Å²) in [5.41, 5.74) is 7.87. The van der Waals surface area contributed by atoms with Crippen molar-refractivity contribution in [3.05, 3.63) is 53.6 Å². The van der Waals surface area contributed by atoms with E-state index in [1.165, 1.54) is 19.2 Å². The Balaban J connectivity index is 2.40. The fourth-order valence-corrected chi connectivity index (χ4v) is 2.49. The van der Waals surface area contributed by atoms with E-state index in [0.717, 1.165) is 11.1 Å². The van der Waals surface area contributed by atoms with Crippen LogP contribution >= 0.6 is 0 Å². The number of carbonyl (C=O) groups excluding carboxylic acids is 1. The van der Waals surface area contributed by atoms with Crippen molar-refractivity contribution in [2.75, 3.05) is 7.11 Å². The third-order valence-electron chi connectivity index (χ3n) is 3.58. The molecule has 0 radical (unpaired) electrons. The first kappa shape index (κ1) is 14.1. The lowest BCUT2D eigenvalue weighted by Crippen LogP contribution is -2.14. The molecular formula is C16H14FN3O2. The number of rotatable bonds is 3. The largest absolute Gasteiger partial charge is 0.496 e. The second-order valence-corrected chi connectivity index (χ2v) is 4.94. The summed E-state index contributed by atoms with van der Waals surface area (Å²) in [5, 5.41) is 4.19. The van der Waals surface area contributed by atoms with E-state index in [9.17, 15) is 9.18 Å². The maximum absolute atomic E-state index is 14.3. The van der Waals surface area contributed by atoms with Gasteiger partial charge in [0, 0.05) is 11.8 Å². The van der Waals surface area contributed by atoms with Crippen molar-refractivity contribution >= 4 is 11.4 Å². The average Bonchev–Trinajstić information content (AvgIpc) is 2.86. The summed E-state index contributed by atoms with van der Waals surface area (Å²) < 4.78 is 21.1. The summed E-state index contributed by atoms with van der Waals surface area (Å²) in [7, 11) is 1.44. The molecule has 0 fully saturated rings. The zero-order valence-corrected chi connectivity index (χ0v) is 12.1. The molecule has 112 valence electrons. The summed E-state index contributed by atoms with van der Waals surface area (Å²) >= 11 is 0. The van der Waals surface area contributed by atoms with Crippen molar-refractivity contribution in [3.8, 4) is 16.9 Å². The number of nitrogens with two attached hydrogens (primary N) is 1. The molecular weight excluding hydrogens is 285 g/mol. The van der Waals surface area contributed by atoms with Gasteiger partial charge in [0.1, 0.15) is 11.6 Å². The van der Waals surface area contributed by atoms with Crippen LogP contribution in [0.15, 0.2) is 36.7 Å². The van der Waals surface area contributed by atoms with Gasteiger partial charge in [0.15, 0.2) is 0 Å². The second kappa shape index (κ2) is 5.14. The predicted molar refractivity (Wildman–Crippen MR) is 80.4 cm³/mol. The zero-order chi connectivity index (χ0) is 15.9. The second-order valence-electron chi connectivity index (χ2n) is 4.94. The van der Waals surface area contributed by atoms with Crippen LogP contribution in [0.25, 0.3) is 16.6 Å². The highest BCUT2D eigenvalue weighted by atomic mass is 19.1. The van der Waals surface area contributed by atoms with Gasteiger partial charge in [-0.15, -0.1) is 0 Å². The quantitative estimate of drug-likeness (QED) is 0.808. The van der Waals surface area contributed by atoms with Gasteiger partial charge in [0.25, 0.3) is 0 Å². The van der Waals surface area contributed by atoms with Gasteiger partial charge in [-0.3, -0.25) is 4.79 Å². The Labute approximate surface area is 126 Å². The van der Waals surface area contributed by atoms with E-state index in [0.29, 0.717) is 11.3 Å². The van der Waals surface area contributed by atoms with Crippen LogP contribution in [0.3, 0.4) is 0 Å². The lowest BCUT2D eigenvalue weighted by atomic mass is 9.99. The molecule has 2 N–H and O–H groups in total. The number of pyridine rings is 1. The molecule has 0 atom stereocenters. The minimum absolute atomic E-state index is 0.189. The standard InChI is InChI=1S/C16H14FN3O2/c1-9-7-19-20-8-11(10(16(18)21)6-13(9)20)15-12(17)4-3-5-14(15)22-2/h3-8H,1-2H3,(H2,18,21). The first-order chi connectivity index (χ1) is 10.5. The maximum atomic E-state index is 14.3. The van der Waals surface area contributed by atoms with Crippen LogP contribution in [0.1, 0.15) is 15.9 Å². The summed E-state index contributed by atoms with van der Waals surface area (Å²) in [5.74, 6) is -0.806. The number of halogens is 1. The molecule has 1 aromatic carbocycles. The molecule has 0 aliphatic heterocycles. The fraction of sp³-hybridized carbons (Fsp3) is 0.125. The molecule has 0 aliphatic carbocycles. The summed E-state index contributed by atoms with van der Waals surface area (Å²) in [6.45, 7) is 1.87. The molecule has 0 unspecified atom stereocenters. The topological polar surface area (TPSA) is 69.6 Å². The maximum Gasteiger partial charge on any atom is 0.249 e. The van der Waals surface area contributed by atoms with Gasteiger partial charge >= 0.3 is 0 Å². The number of aryl methyl sites for hydroxylation is 1. The van der Waals surface area contributed by atoms with E-state index in [1.807, 2.05) is 6.92 Å². The SMILES string of the molecule is COc1cccc(F)c1-c1cn2ncc(C)c2cc1C(N)=O. The number of fused-ring (bicyclic) bond motifs is 1. The summed E-state index contributed by atoms with van der Waals surface area (Å²) in [4.78, 5) is 11.8. The van der Waals surface area contributed by atoms with Crippen LogP contribution in [0, 0.1) is 12.7 Å². The van der Waals surface area contributed by atoms with Crippen LogP contribution in [0.4, 0.5) is 4.39 Å². The van der Waals surface area contributed by atoms with Crippen molar-refractivity contribution in [2.24, 2.45) is 5.73 Å². The van der Waals surface area contributed by atoms with Gasteiger partial charge in [-0.25, -0.2) is 8.91 Å². The van der Waals surface area contributed by atoms with E-state index >= 15 is 0 Å². The molecule has 0 saturated carbocycles. The highest BCUT2D eigenvalue weighted by Crippen LogP contribution is 2.35. The van der Waals surface area contributed by atoms with Crippen molar-refractivity contribution in [1.82, 2.24) is 9.61 Å². The Morgan fingerprint density at radius 2 is 2.18 bits per heavy atom. The van der Waals surface area contributed by atoms with Crippen molar-refractivity contribution in [1.29, 1.82) is 0 Å². The molecule has 0 spiro atoms. The Morgan fingerprint density at radius 3 is 2.86 bits per heavy atom. The van der Waals surface area contributed by atoms with E-state index in [1.54, 1.807) is 29.0 Å². The minimum Gasteiger partial charge on any atom is -0.496 e. The Bertz CT molecular complexity index is 886. The molecule has 5 nitrogen and oxygen atoms in total. The first-order valence-corrected chi connectivity index (χ1v) is 6.63. The third kappa shape index (κ3) is 2.09. The van der Waals surface area contributed by atoms with Crippen molar-refractivity contribution in [2.45, 2.75) is 6.92 Å². The van der Waals surface area contributed by atoms with Gasteiger partial charge in [0.2, 0.25) is 5.91 Å². The number of hydrogen-bond acceptors (Lipinski definition) is 3. The van der Waals surface area contributed by atoms with Crippen LogP contribution in [0.2, 0.25) is 0 Å². The molecule has 22 heavy (non-hydrogen) atoms. The number of carbonyl (C=O) groups is 1. The third-order valence-corrected chi connectivity index (χ3v) is 3.58. The first-order valence-electron chi connectivity index (χ1n) is 6.63. The van der Waals surface area contributed by atoms with E-state index in [4.69, 9.17) is 10.5 Å². The molecule has 1 amide bonds. The van der Waals surface area contributed by atoms with Crippen LogP contribution < -0.4 is 10.5 Å². The van der Waals surface area contributed by atoms with Crippen LogP contribution in [0.5, 0.6) is 5.75 Å². The minimum atomic E-state index is -0.636. The molecule has 0 saturated heterocycles. The van der Waals surface area contributed by atoms with Gasteiger partial charge in [0.05, 0.1) is 30.0 Å². The van der Waals surface area contributed by atoms with Gasteiger partial charge < -0.3 is 10.5 Å². The van der Waals surface area contributed by atoms with E-state index in [-0.39, 0.29) is 11.1 Å². The Kier molecular flexibility index (Phi) is 3.29. The molecule has 3 rings (SSSR count). The number of primary amides is 1. The number of ether oxygens (including phenoxy) is 1. The Hall–Kier alpha value is -2.89. The molecule has 0 aliphatic rings. The number of benzene rings is 1. The molecule has 2 heterocycles. The number of aromatic nitrogens is 2. The monoisotopic (exact) mass is 299 g/mol.